The van der Waals surface area contributed by atoms with Crippen LogP contribution in [0.25, 0.3) is 0 Å². The van der Waals surface area contributed by atoms with Crippen molar-refractivity contribution >= 4 is 5.91 Å². The van der Waals surface area contributed by atoms with Crippen molar-refractivity contribution in [3.05, 3.63) is 11.4 Å². The van der Waals surface area contributed by atoms with E-state index in [1.165, 1.54) is 0 Å². The molecule has 1 unspecified atom stereocenters. The number of nitrogens with two attached hydrogens (primary N) is 2. The second kappa shape index (κ2) is 2.21. The van der Waals surface area contributed by atoms with Gasteiger partial charge in [-0.05, 0) is 0 Å². The topological polar surface area (TPSA) is 81.1 Å². The summed E-state index contributed by atoms with van der Waals surface area (Å²) in [6.45, 7) is 2.62. The first-order valence-electron chi connectivity index (χ1n) is 3.16. The van der Waals surface area contributed by atoms with Crippen LogP contribution in [0.2, 0.25) is 0 Å². The van der Waals surface area contributed by atoms with Crippen LogP contribution in [-0.2, 0) is 4.79 Å². The van der Waals surface area contributed by atoms with Crippen molar-refractivity contribution < 1.29 is 4.79 Å². The molecule has 5 N–H and O–H groups in total. The molecule has 0 aromatic rings. The summed E-state index contributed by atoms with van der Waals surface area (Å²) in [5.74, 6) is 0.160. The van der Waals surface area contributed by atoms with Gasteiger partial charge in [0, 0.05) is 12.5 Å². The third-order valence-corrected chi connectivity index (χ3v) is 1.65. The van der Waals surface area contributed by atoms with E-state index in [1.54, 1.807) is 0 Å². The summed E-state index contributed by atoms with van der Waals surface area (Å²) in [6, 6.07) is 0. The van der Waals surface area contributed by atoms with Crippen LogP contribution in [-0.4, -0.2) is 12.5 Å². The van der Waals surface area contributed by atoms with E-state index in [1.807, 2.05) is 6.92 Å². The summed E-state index contributed by atoms with van der Waals surface area (Å²) in [6.07, 6.45) is 0. The maximum atomic E-state index is 10.7. The number of carbonyl (C=O) groups excluding carboxylic acids is 1. The first-order chi connectivity index (χ1) is 4.63. The Hall–Kier alpha value is -1.19. The third kappa shape index (κ3) is 0.920. The molecule has 0 spiro atoms. The highest BCUT2D eigenvalue weighted by atomic mass is 16.1. The lowest BCUT2D eigenvalue weighted by Crippen LogP contribution is -2.20. The Morgan fingerprint density at radius 2 is 2.40 bits per heavy atom. The minimum absolute atomic E-state index is 0.150. The van der Waals surface area contributed by atoms with Gasteiger partial charge in [0.1, 0.15) is 5.82 Å². The molecule has 0 bridgehead atoms. The highest BCUT2D eigenvalue weighted by molar-refractivity contribution is 5.93. The van der Waals surface area contributed by atoms with Crippen molar-refractivity contribution in [3.63, 3.8) is 0 Å². The lowest BCUT2D eigenvalue weighted by atomic mass is 10.0. The van der Waals surface area contributed by atoms with Gasteiger partial charge in [-0.1, -0.05) is 6.92 Å². The molecule has 1 aliphatic heterocycles. The predicted octanol–water partition coefficient (Wildman–Crippen LogP) is -1.12. The molecule has 56 valence electrons. The summed E-state index contributed by atoms with van der Waals surface area (Å²) < 4.78 is 0. The van der Waals surface area contributed by atoms with Gasteiger partial charge in [0.2, 0.25) is 5.91 Å². The lowest BCUT2D eigenvalue weighted by molar-refractivity contribution is -0.114. The van der Waals surface area contributed by atoms with Crippen LogP contribution in [0.5, 0.6) is 0 Å². The fourth-order valence-electron chi connectivity index (χ4n) is 1.10. The van der Waals surface area contributed by atoms with Gasteiger partial charge < -0.3 is 16.8 Å². The molecule has 0 aromatic heterocycles. The number of carbonyl (C=O) groups is 1. The Labute approximate surface area is 59.3 Å². The Morgan fingerprint density at radius 1 is 1.80 bits per heavy atom. The second-order valence-corrected chi connectivity index (χ2v) is 2.47. The normalized spacial score (nSPS) is 24.7. The summed E-state index contributed by atoms with van der Waals surface area (Å²) in [5, 5.41) is 2.86. The minimum atomic E-state index is -0.421. The Balaban J connectivity index is 2.88. The van der Waals surface area contributed by atoms with Crippen molar-refractivity contribution in [2.24, 2.45) is 17.4 Å². The van der Waals surface area contributed by atoms with E-state index in [4.69, 9.17) is 11.5 Å². The van der Waals surface area contributed by atoms with E-state index in [9.17, 15) is 4.79 Å². The van der Waals surface area contributed by atoms with Crippen LogP contribution >= 0.6 is 0 Å². The molecule has 0 fully saturated rings. The molecular formula is C6H11N3O. The molecule has 1 rings (SSSR count). The van der Waals surface area contributed by atoms with Crippen molar-refractivity contribution in [3.8, 4) is 0 Å². The molecule has 1 atom stereocenters. The van der Waals surface area contributed by atoms with Gasteiger partial charge in [-0.15, -0.1) is 0 Å². The molecule has 1 amide bonds. The Kier molecular flexibility index (Phi) is 1.53. The van der Waals surface area contributed by atoms with Crippen molar-refractivity contribution in [1.82, 2.24) is 5.32 Å². The van der Waals surface area contributed by atoms with Crippen LogP contribution in [0.3, 0.4) is 0 Å². The smallest absolute Gasteiger partial charge is 0.248 e. The number of hydrogen-bond donors (Lipinski definition) is 3. The molecule has 0 saturated carbocycles. The number of hydrogen-bond acceptors (Lipinski definition) is 3. The summed E-state index contributed by atoms with van der Waals surface area (Å²) in [7, 11) is 0. The maximum absolute atomic E-state index is 10.7. The second-order valence-electron chi connectivity index (χ2n) is 2.47. The van der Waals surface area contributed by atoms with E-state index < -0.39 is 5.91 Å². The lowest BCUT2D eigenvalue weighted by Gasteiger charge is -2.00. The highest BCUT2D eigenvalue weighted by Crippen LogP contribution is 2.15. The van der Waals surface area contributed by atoms with Gasteiger partial charge in [0.15, 0.2) is 0 Å². The minimum Gasteiger partial charge on any atom is -0.385 e. The van der Waals surface area contributed by atoms with Gasteiger partial charge in [-0.25, -0.2) is 0 Å². The van der Waals surface area contributed by atoms with Gasteiger partial charge in [0.05, 0.1) is 5.57 Å². The van der Waals surface area contributed by atoms with Crippen LogP contribution in [0.4, 0.5) is 0 Å². The van der Waals surface area contributed by atoms with E-state index in [0.717, 1.165) is 0 Å². The Bertz CT molecular complexity index is 197. The molecule has 4 heteroatoms. The third-order valence-electron chi connectivity index (χ3n) is 1.65. The zero-order chi connectivity index (χ0) is 7.72. The number of amides is 1. The summed E-state index contributed by atoms with van der Waals surface area (Å²) >= 11 is 0. The van der Waals surface area contributed by atoms with E-state index >= 15 is 0 Å². The number of rotatable bonds is 1. The fraction of sp³-hybridized carbons (Fsp3) is 0.500. The molecule has 0 aromatic carbocycles. The SMILES string of the molecule is CC1CNC(N)=C1C(N)=O. The first kappa shape index (κ1) is 6.92. The predicted molar refractivity (Wildman–Crippen MR) is 37.6 cm³/mol. The molecule has 1 aliphatic rings. The maximum Gasteiger partial charge on any atom is 0.248 e. The van der Waals surface area contributed by atoms with Crippen LogP contribution in [0, 0.1) is 5.92 Å². The van der Waals surface area contributed by atoms with E-state index in [2.05, 4.69) is 5.32 Å². The fourth-order valence-corrected chi connectivity index (χ4v) is 1.10. The van der Waals surface area contributed by atoms with Crippen LogP contribution < -0.4 is 16.8 Å². The molecule has 0 saturated heterocycles. The van der Waals surface area contributed by atoms with Crippen molar-refractivity contribution in [1.29, 1.82) is 0 Å². The standard InChI is InChI=1S/C6H11N3O/c1-3-2-9-5(7)4(3)6(8)10/h3,9H,2,7H2,1H3,(H2,8,10). The van der Waals surface area contributed by atoms with Gasteiger partial charge in [-0.2, -0.15) is 0 Å². The molecule has 4 nitrogen and oxygen atoms in total. The number of primary amides is 1. The summed E-state index contributed by atoms with van der Waals surface area (Å²) in [4.78, 5) is 10.7. The van der Waals surface area contributed by atoms with E-state index in [0.29, 0.717) is 17.9 Å². The van der Waals surface area contributed by atoms with Crippen LogP contribution in [0.15, 0.2) is 11.4 Å². The summed E-state index contributed by atoms with van der Waals surface area (Å²) in [5.41, 5.74) is 11.0. The van der Waals surface area contributed by atoms with Gasteiger partial charge in [-0.3, -0.25) is 4.79 Å². The number of nitrogens with one attached hydrogen (secondary N) is 1. The largest absolute Gasteiger partial charge is 0.385 e. The first-order valence-corrected chi connectivity index (χ1v) is 3.16. The van der Waals surface area contributed by atoms with Crippen molar-refractivity contribution in [2.45, 2.75) is 6.92 Å². The quantitative estimate of drug-likeness (QED) is 0.432. The monoisotopic (exact) mass is 141 g/mol. The molecule has 0 radical (unpaired) electrons. The molecule has 0 aliphatic carbocycles. The van der Waals surface area contributed by atoms with E-state index in [-0.39, 0.29) is 5.92 Å². The average Bonchev–Trinajstić information content (AvgIpc) is 2.11. The Morgan fingerprint density at radius 3 is 2.60 bits per heavy atom. The molecule has 1 heterocycles. The zero-order valence-electron chi connectivity index (χ0n) is 5.85. The van der Waals surface area contributed by atoms with Crippen LogP contribution in [0.1, 0.15) is 6.92 Å². The van der Waals surface area contributed by atoms with Gasteiger partial charge >= 0.3 is 0 Å². The van der Waals surface area contributed by atoms with Gasteiger partial charge in [0.25, 0.3) is 0 Å². The molecular weight excluding hydrogens is 130 g/mol. The average molecular weight is 141 g/mol. The highest BCUT2D eigenvalue weighted by Gasteiger charge is 2.23. The molecule has 10 heavy (non-hydrogen) atoms. The van der Waals surface area contributed by atoms with Crippen molar-refractivity contribution in [2.75, 3.05) is 6.54 Å². The zero-order valence-corrected chi connectivity index (χ0v) is 5.85.